The number of para-hydroxylation sites is 1. The van der Waals surface area contributed by atoms with Gasteiger partial charge in [-0.3, -0.25) is 4.79 Å². The predicted octanol–water partition coefficient (Wildman–Crippen LogP) is 4.33. The fourth-order valence-corrected chi connectivity index (χ4v) is 3.66. The number of amides is 3. The van der Waals surface area contributed by atoms with Crippen LogP contribution < -0.4 is 5.32 Å². The van der Waals surface area contributed by atoms with Crippen LogP contribution in [0.25, 0.3) is 11.5 Å². The number of aromatic nitrogens is 2. The van der Waals surface area contributed by atoms with E-state index in [1.54, 1.807) is 43.4 Å². The van der Waals surface area contributed by atoms with Gasteiger partial charge in [0.05, 0.1) is 10.7 Å². The van der Waals surface area contributed by atoms with Gasteiger partial charge in [-0.25, -0.2) is 4.79 Å². The van der Waals surface area contributed by atoms with Crippen LogP contribution in [0.1, 0.15) is 29.0 Å². The number of halogens is 1. The second kappa shape index (κ2) is 9.82. The van der Waals surface area contributed by atoms with E-state index >= 15 is 0 Å². The highest BCUT2D eigenvalue weighted by Crippen LogP contribution is 2.21. The zero-order chi connectivity index (χ0) is 22.5. The van der Waals surface area contributed by atoms with Crippen molar-refractivity contribution in [2.24, 2.45) is 0 Å². The Morgan fingerprint density at radius 1 is 1.12 bits per heavy atom. The highest BCUT2D eigenvalue weighted by molar-refractivity contribution is 6.33. The minimum Gasteiger partial charge on any atom is -0.339 e. The van der Waals surface area contributed by atoms with Crippen molar-refractivity contribution in [3.8, 4) is 11.5 Å². The second-order valence-electron chi connectivity index (χ2n) is 7.67. The lowest BCUT2D eigenvalue weighted by Crippen LogP contribution is -2.33. The van der Waals surface area contributed by atoms with Gasteiger partial charge in [0.25, 0.3) is 11.8 Å². The lowest BCUT2D eigenvalue weighted by Gasteiger charge is -2.17. The van der Waals surface area contributed by atoms with Gasteiger partial charge in [-0.05, 0) is 49.2 Å². The summed E-state index contributed by atoms with van der Waals surface area (Å²) in [5, 5.41) is 7.25. The Morgan fingerprint density at radius 2 is 1.84 bits per heavy atom. The Labute approximate surface area is 191 Å². The molecule has 3 aromatic rings. The number of benzene rings is 2. The molecule has 1 aromatic heterocycles. The number of carbonyl (C=O) groups excluding carboxylic acids is 2. The summed E-state index contributed by atoms with van der Waals surface area (Å²) in [5.41, 5.74) is 1.95. The summed E-state index contributed by atoms with van der Waals surface area (Å²) in [4.78, 5) is 32.6. The van der Waals surface area contributed by atoms with Gasteiger partial charge in [-0.1, -0.05) is 28.9 Å². The minimum absolute atomic E-state index is 0.0540. The van der Waals surface area contributed by atoms with E-state index in [9.17, 15) is 9.59 Å². The SMILES string of the molecule is CN(CCc1noc(-c2ccc(C(=O)N3CCCC3)cc2)n1)C(=O)Nc1ccccc1Cl. The number of urea groups is 1. The highest BCUT2D eigenvalue weighted by atomic mass is 35.5. The first kappa shape index (κ1) is 21.8. The summed E-state index contributed by atoms with van der Waals surface area (Å²) >= 11 is 6.08. The number of hydrogen-bond donors (Lipinski definition) is 1. The summed E-state index contributed by atoms with van der Waals surface area (Å²) in [6.45, 7) is 2.04. The summed E-state index contributed by atoms with van der Waals surface area (Å²) in [6.07, 6.45) is 2.55. The number of hydrogen-bond acceptors (Lipinski definition) is 5. The molecule has 0 atom stereocenters. The van der Waals surface area contributed by atoms with Crippen molar-refractivity contribution in [3.05, 3.63) is 64.9 Å². The van der Waals surface area contributed by atoms with E-state index in [-0.39, 0.29) is 11.9 Å². The van der Waals surface area contributed by atoms with Gasteiger partial charge in [-0.2, -0.15) is 4.98 Å². The molecule has 0 saturated carbocycles. The van der Waals surface area contributed by atoms with Crippen LogP contribution in [0.15, 0.2) is 53.1 Å². The van der Waals surface area contributed by atoms with E-state index in [2.05, 4.69) is 15.5 Å². The van der Waals surface area contributed by atoms with Gasteiger partial charge in [0.1, 0.15) is 0 Å². The van der Waals surface area contributed by atoms with Crippen molar-refractivity contribution >= 4 is 29.2 Å². The molecule has 4 rings (SSSR count). The van der Waals surface area contributed by atoms with Crippen LogP contribution in [0.4, 0.5) is 10.5 Å². The molecule has 0 radical (unpaired) electrons. The van der Waals surface area contributed by atoms with E-state index in [0.29, 0.717) is 41.0 Å². The van der Waals surface area contributed by atoms with E-state index in [1.165, 1.54) is 4.90 Å². The molecule has 1 saturated heterocycles. The first-order valence-corrected chi connectivity index (χ1v) is 10.9. The molecule has 1 aliphatic rings. The fraction of sp³-hybridized carbons (Fsp3) is 0.304. The molecule has 8 nitrogen and oxygen atoms in total. The van der Waals surface area contributed by atoms with E-state index in [1.807, 2.05) is 17.0 Å². The summed E-state index contributed by atoms with van der Waals surface area (Å²) in [7, 11) is 1.68. The van der Waals surface area contributed by atoms with E-state index in [0.717, 1.165) is 31.5 Å². The van der Waals surface area contributed by atoms with Crippen molar-refractivity contribution in [2.75, 3.05) is 32.0 Å². The number of nitrogens with zero attached hydrogens (tertiary/aromatic N) is 4. The zero-order valence-corrected chi connectivity index (χ0v) is 18.5. The average molecular weight is 454 g/mol. The maximum atomic E-state index is 12.5. The van der Waals surface area contributed by atoms with Gasteiger partial charge in [-0.15, -0.1) is 0 Å². The largest absolute Gasteiger partial charge is 0.339 e. The van der Waals surface area contributed by atoms with Crippen molar-refractivity contribution in [2.45, 2.75) is 19.3 Å². The van der Waals surface area contributed by atoms with Crippen LogP contribution in [0, 0.1) is 0 Å². The molecule has 2 heterocycles. The Balaban J connectivity index is 1.32. The lowest BCUT2D eigenvalue weighted by atomic mass is 10.1. The molecule has 3 amide bonds. The molecule has 0 bridgehead atoms. The standard InChI is InChI=1S/C23H24ClN5O3/c1-28(23(31)25-19-7-3-2-6-18(19)24)15-12-20-26-21(32-27-20)16-8-10-17(11-9-16)22(30)29-13-4-5-14-29/h2-3,6-11H,4-5,12-15H2,1H3,(H,25,31). The molecular formula is C23H24ClN5O3. The van der Waals surface area contributed by atoms with Crippen LogP contribution in [-0.2, 0) is 6.42 Å². The first-order chi connectivity index (χ1) is 15.5. The van der Waals surface area contributed by atoms with E-state index < -0.39 is 0 Å². The molecule has 166 valence electrons. The van der Waals surface area contributed by atoms with Crippen molar-refractivity contribution < 1.29 is 14.1 Å². The first-order valence-electron chi connectivity index (χ1n) is 10.5. The number of likely N-dealkylation sites (N-methyl/N-ethyl adjacent to an activating group) is 1. The third kappa shape index (κ3) is 5.08. The topological polar surface area (TPSA) is 91.6 Å². The zero-order valence-electron chi connectivity index (χ0n) is 17.8. The molecule has 9 heteroatoms. The van der Waals surface area contributed by atoms with Crippen LogP contribution in [0.3, 0.4) is 0 Å². The number of likely N-dealkylation sites (tertiary alicyclic amines) is 1. The van der Waals surface area contributed by atoms with Gasteiger partial charge in [0.15, 0.2) is 5.82 Å². The monoisotopic (exact) mass is 453 g/mol. The second-order valence-corrected chi connectivity index (χ2v) is 8.08. The molecular weight excluding hydrogens is 430 g/mol. The molecule has 0 spiro atoms. The number of anilines is 1. The van der Waals surface area contributed by atoms with Gasteiger partial charge in [0, 0.05) is 44.2 Å². The number of carbonyl (C=O) groups is 2. The molecule has 0 unspecified atom stereocenters. The Kier molecular flexibility index (Phi) is 6.70. The number of rotatable bonds is 6. The maximum Gasteiger partial charge on any atom is 0.321 e. The van der Waals surface area contributed by atoms with Gasteiger partial charge < -0.3 is 19.6 Å². The molecule has 0 aliphatic carbocycles. The van der Waals surface area contributed by atoms with Crippen molar-refractivity contribution in [3.63, 3.8) is 0 Å². The Bertz CT molecular complexity index is 1090. The third-order valence-corrected chi connectivity index (χ3v) is 5.70. The normalized spacial score (nSPS) is 13.2. The van der Waals surface area contributed by atoms with Gasteiger partial charge >= 0.3 is 6.03 Å². The van der Waals surface area contributed by atoms with Crippen LogP contribution >= 0.6 is 11.6 Å². The van der Waals surface area contributed by atoms with Crippen LogP contribution in [-0.4, -0.2) is 58.6 Å². The third-order valence-electron chi connectivity index (χ3n) is 5.37. The van der Waals surface area contributed by atoms with E-state index in [4.69, 9.17) is 16.1 Å². The van der Waals surface area contributed by atoms with Crippen LogP contribution in [0.5, 0.6) is 0 Å². The van der Waals surface area contributed by atoms with Gasteiger partial charge in [0.2, 0.25) is 0 Å². The van der Waals surface area contributed by atoms with Crippen LogP contribution in [0.2, 0.25) is 5.02 Å². The Hall–Kier alpha value is -3.39. The predicted molar refractivity (Wildman–Crippen MR) is 122 cm³/mol. The smallest absolute Gasteiger partial charge is 0.321 e. The average Bonchev–Trinajstić information content (AvgIpc) is 3.51. The summed E-state index contributed by atoms with van der Waals surface area (Å²) < 4.78 is 5.36. The molecule has 2 aromatic carbocycles. The highest BCUT2D eigenvalue weighted by Gasteiger charge is 2.20. The fourth-order valence-electron chi connectivity index (χ4n) is 3.47. The Morgan fingerprint density at radius 3 is 2.56 bits per heavy atom. The molecule has 1 N–H and O–H groups in total. The molecule has 32 heavy (non-hydrogen) atoms. The molecule has 1 fully saturated rings. The molecule has 1 aliphatic heterocycles. The number of nitrogens with one attached hydrogen (secondary N) is 1. The van der Waals surface area contributed by atoms with Crippen molar-refractivity contribution in [1.82, 2.24) is 19.9 Å². The summed E-state index contributed by atoms with van der Waals surface area (Å²) in [5.74, 6) is 0.927. The summed E-state index contributed by atoms with van der Waals surface area (Å²) in [6, 6.07) is 14.0. The maximum absolute atomic E-state index is 12.5. The minimum atomic E-state index is -0.278. The lowest BCUT2D eigenvalue weighted by molar-refractivity contribution is 0.0793. The van der Waals surface area contributed by atoms with Crippen molar-refractivity contribution in [1.29, 1.82) is 0 Å². The quantitative estimate of drug-likeness (QED) is 0.599.